The van der Waals surface area contributed by atoms with Crippen LogP contribution in [0.1, 0.15) is 11.3 Å². The van der Waals surface area contributed by atoms with Crippen molar-refractivity contribution in [1.29, 1.82) is 0 Å². The largest absolute Gasteiger partial charge is 0.375 e. The van der Waals surface area contributed by atoms with Crippen LogP contribution >= 0.6 is 0 Å². The van der Waals surface area contributed by atoms with Gasteiger partial charge in [0.2, 0.25) is 0 Å². The molecule has 2 aromatic carbocycles. The Hall–Kier alpha value is -2.43. The smallest absolute Gasteiger partial charge is 0.152 e. The Balaban J connectivity index is 1.93. The summed E-state index contributed by atoms with van der Waals surface area (Å²) in [6, 6.07) is 10.4. The molecule has 5 heteroatoms. The van der Waals surface area contributed by atoms with Crippen molar-refractivity contribution < 1.29 is 8.78 Å². The van der Waals surface area contributed by atoms with Gasteiger partial charge in [0.05, 0.1) is 17.8 Å². The second-order valence-corrected chi connectivity index (χ2v) is 4.99. The van der Waals surface area contributed by atoms with Gasteiger partial charge in [0, 0.05) is 12.4 Å². The van der Waals surface area contributed by atoms with Crippen LogP contribution in [0, 0.1) is 18.6 Å². The van der Waals surface area contributed by atoms with Gasteiger partial charge in [-0.3, -0.25) is 4.68 Å². The first-order valence-electron chi connectivity index (χ1n) is 6.67. The lowest BCUT2D eigenvalue weighted by molar-refractivity contribution is 0.582. The van der Waals surface area contributed by atoms with E-state index in [0.29, 0.717) is 5.56 Å². The summed E-state index contributed by atoms with van der Waals surface area (Å²) < 4.78 is 29.4. The summed E-state index contributed by atoms with van der Waals surface area (Å²) in [5.74, 6) is -1.16. The van der Waals surface area contributed by atoms with E-state index in [1.54, 1.807) is 11.6 Å². The van der Waals surface area contributed by atoms with Crippen molar-refractivity contribution >= 4 is 16.6 Å². The van der Waals surface area contributed by atoms with E-state index in [0.717, 1.165) is 16.6 Å². The van der Waals surface area contributed by atoms with Gasteiger partial charge in [0.1, 0.15) is 11.5 Å². The van der Waals surface area contributed by atoms with Crippen LogP contribution in [0.4, 0.5) is 14.5 Å². The molecule has 0 unspecified atom stereocenters. The second kappa shape index (κ2) is 5.16. The minimum Gasteiger partial charge on any atom is -0.375 e. The predicted molar refractivity (Wildman–Crippen MR) is 79.1 cm³/mol. The molecule has 0 saturated heterocycles. The molecule has 1 heterocycles. The number of anilines is 1. The number of para-hydroxylation sites is 1. The van der Waals surface area contributed by atoms with Gasteiger partial charge in [0.25, 0.3) is 0 Å². The molecular formula is C16H15F2N3. The zero-order valence-electron chi connectivity index (χ0n) is 11.8. The van der Waals surface area contributed by atoms with E-state index in [1.165, 1.54) is 12.1 Å². The van der Waals surface area contributed by atoms with E-state index >= 15 is 0 Å². The van der Waals surface area contributed by atoms with Gasteiger partial charge in [-0.15, -0.1) is 0 Å². The van der Waals surface area contributed by atoms with Gasteiger partial charge in [-0.2, -0.15) is 5.10 Å². The van der Waals surface area contributed by atoms with Crippen molar-refractivity contribution in [2.45, 2.75) is 13.5 Å². The molecule has 0 aliphatic heterocycles. The third-order valence-corrected chi connectivity index (χ3v) is 3.55. The van der Waals surface area contributed by atoms with Gasteiger partial charge in [0.15, 0.2) is 5.82 Å². The number of halogens is 2. The van der Waals surface area contributed by atoms with E-state index in [4.69, 9.17) is 0 Å². The molecule has 0 bridgehead atoms. The summed E-state index contributed by atoms with van der Waals surface area (Å²) in [7, 11) is 1.85. The standard InChI is InChI=1S/C16H15F2N3/c1-10-7-8-12(17)16(15(10)18)19-9-13-11-5-3-4-6-14(11)21(2)20-13/h3-8,19H,9H2,1-2H3. The molecule has 0 aliphatic rings. The number of hydrogen-bond donors (Lipinski definition) is 1. The number of nitrogens with zero attached hydrogens (tertiary/aromatic N) is 2. The van der Waals surface area contributed by atoms with E-state index < -0.39 is 11.6 Å². The molecule has 21 heavy (non-hydrogen) atoms. The zero-order valence-corrected chi connectivity index (χ0v) is 11.8. The SMILES string of the molecule is Cc1ccc(F)c(NCc2nn(C)c3ccccc23)c1F. The van der Waals surface area contributed by atoms with E-state index in [9.17, 15) is 8.78 Å². The van der Waals surface area contributed by atoms with E-state index in [1.807, 2.05) is 31.3 Å². The highest BCUT2D eigenvalue weighted by molar-refractivity contribution is 5.82. The molecule has 0 fully saturated rings. The Morgan fingerprint density at radius 3 is 2.71 bits per heavy atom. The third kappa shape index (κ3) is 2.35. The molecule has 0 saturated carbocycles. The average Bonchev–Trinajstić information content (AvgIpc) is 2.80. The zero-order chi connectivity index (χ0) is 15.0. The molecular weight excluding hydrogens is 272 g/mol. The fraction of sp³-hybridized carbons (Fsp3) is 0.188. The summed E-state index contributed by atoms with van der Waals surface area (Å²) in [6.45, 7) is 1.87. The number of rotatable bonds is 3. The molecule has 3 nitrogen and oxygen atoms in total. The highest BCUT2D eigenvalue weighted by Crippen LogP contribution is 2.24. The van der Waals surface area contributed by atoms with Gasteiger partial charge in [-0.1, -0.05) is 24.3 Å². The van der Waals surface area contributed by atoms with Crippen molar-refractivity contribution in [2.75, 3.05) is 5.32 Å². The first kappa shape index (κ1) is 13.5. The Morgan fingerprint density at radius 2 is 1.90 bits per heavy atom. The maximum atomic E-state index is 14.0. The number of nitrogens with one attached hydrogen (secondary N) is 1. The van der Waals surface area contributed by atoms with E-state index in [2.05, 4.69) is 10.4 Å². The van der Waals surface area contributed by atoms with Gasteiger partial charge >= 0.3 is 0 Å². The summed E-state index contributed by atoms with van der Waals surface area (Å²) >= 11 is 0. The summed E-state index contributed by atoms with van der Waals surface area (Å²) in [5.41, 5.74) is 2.04. The van der Waals surface area contributed by atoms with Crippen molar-refractivity contribution in [1.82, 2.24) is 9.78 Å². The van der Waals surface area contributed by atoms with Gasteiger partial charge in [-0.25, -0.2) is 8.78 Å². The minimum atomic E-state index is -0.599. The summed E-state index contributed by atoms with van der Waals surface area (Å²) in [6.07, 6.45) is 0. The van der Waals surface area contributed by atoms with Crippen molar-refractivity contribution in [2.24, 2.45) is 7.05 Å². The maximum absolute atomic E-state index is 14.0. The topological polar surface area (TPSA) is 29.9 Å². The fourth-order valence-electron chi connectivity index (χ4n) is 2.41. The Kier molecular flexibility index (Phi) is 3.33. The van der Waals surface area contributed by atoms with Crippen molar-refractivity contribution in [3.63, 3.8) is 0 Å². The van der Waals surface area contributed by atoms with Crippen LogP contribution in [0.25, 0.3) is 10.9 Å². The first-order chi connectivity index (χ1) is 10.1. The van der Waals surface area contributed by atoms with Crippen LogP contribution in [-0.4, -0.2) is 9.78 Å². The van der Waals surface area contributed by atoms with Crippen molar-refractivity contribution in [3.05, 3.63) is 59.3 Å². The maximum Gasteiger partial charge on any atom is 0.152 e. The van der Waals surface area contributed by atoms with Crippen LogP contribution in [-0.2, 0) is 13.6 Å². The van der Waals surface area contributed by atoms with Crippen LogP contribution in [0.2, 0.25) is 0 Å². The molecule has 0 atom stereocenters. The van der Waals surface area contributed by atoms with Crippen LogP contribution in [0.15, 0.2) is 36.4 Å². The Morgan fingerprint density at radius 1 is 1.14 bits per heavy atom. The average molecular weight is 287 g/mol. The molecule has 1 N–H and O–H groups in total. The summed E-state index contributed by atoms with van der Waals surface area (Å²) in [4.78, 5) is 0. The Labute approximate surface area is 121 Å². The van der Waals surface area contributed by atoms with Crippen LogP contribution < -0.4 is 5.32 Å². The normalized spacial score (nSPS) is 11.0. The summed E-state index contributed by atoms with van der Waals surface area (Å²) in [5, 5.41) is 8.19. The van der Waals surface area contributed by atoms with Gasteiger partial charge < -0.3 is 5.32 Å². The third-order valence-electron chi connectivity index (χ3n) is 3.55. The van der Waals surface area contributed by atoms with Crippen molar-refractivity contribution in [3.8, 4) is 0 Å². The molecule has 3 rings (SSSR count). The molecule has 108 valence electrons. The number of hydrogen-bond acceptors (Lipinski definition) is 2. The molecule has 0 amide bonds. The van der Waals surface area contributed by atoms with E-state index in [-0.39, 0.29) is 12.2 Å². The Bertz CT molecular complexity index is 809. The lowest BCUT2D eigenvalue weighted by Gasteiger charge is -2.09. The second-order valence-electron chi connectivity index (χ2n) is 4.99. The predicted octanol–water partition coefficient (Wildman–Crippen LogP) is 3.77. The van der Waals surface area contributed by atoms with Crippen LogP contribution in [0.5, 0.6) is 0 Å². The number of fused-ring (bicyclic) bond motifs is 1. The first-order valence-corrected chi connectivity index (χ1v) is 6.67. The lowest BCUT2D eigenvalue weighted by Crippen LogP contribution is -2.06. The highest BCUT2D eigenvalue weighted by atomic mass is 19.1. The fourth-order valence-corrected chi connectivity index (χ4v) is 2.41. The molecule has 1 aromatic heterocycles. The number of benzene rings is 2. The van der Waals surface area contributed by atoms with Gasteiger partial charge in [-0.05, 0) is 24.6 Å². The quantitative estimate of drug-likeness (QED) is 0.794. The minimum absolute atomic E-state index is 0.107. The number of aromatic nitrogens is 2. The van der Waals surface area contributed by atoms with Crippen LogP contribution in [0.3, 0.4) is 0 Å². The molecule has 3 aromatic rings. The highest BCUT2D eigenvalue weighted by Gasteiger charge is 2.13. The molecule has 0 radical (unpaired) electrons. The number of aryl methyl sites for hydroxylation is 2. The molecule has 0 aliphatic carbocycles. The molecule has 0 spiro atoms. The monoisotopic (exact) mass is 287 g/mol. The lowest BCUT2D eigenvalue weighted by atomic mass is 10.2.